The van der Waals surface area contributed by atoms with E-state index in [9.17, 15) is 4.79 Å². The number of methoxy groups -OCH3 is 2. The molecule has 0 fully saturated rings. The predicted octanol–water partition coefficient (Wildman–Crippen LogP) is 3.64. The highest BCUT2D eigenvalue weighted by Crippen LogP contribution is 2.33. The van der Waals surface area contributed by atoms with Gasteiger partial charge in [0, 0.05) is 24.3 Å². The quantitative estimate of drug-likeness (QED) is 0.463. The normalized spacial score (nSPS) is 11.3. The zero-order valence-corrected chi connectivity index (χ0v) is 13.6. The molecule has 0 aliphatic heterocycles. The predicted molar refractivity (Wildman–Crippen MR) is 87.1 cm³/mol. The first-order valence-electron chi connectivity index (χ1n) is 6.70. The van der Waals surface area contributed by atoms with Crippen molar-refractivity contribution in [3.8, 4) is 5.75 Å². The van der Waals surface area contributed by atoms with Crippen LogP contribution in [0.15, 0.2) is 41.1 Å². The lowest BCUT2D eigenvalue weighted by atomic mass is 9.97. The van der Waals surface area contributed by atoms with Crippen LogP contribution in [-0.2, 0) is 14.3 Å². The maximum absolute atomic E-state index is 11.7. The maximum Gasteiger partial charge on any atom is 0.331 e. The summed E-state index contributed by atoms with van der Waals surface area (Å²) in [5.41, 5.74) is 3.62. The largest absolute Gasteiger partial charge is 0.467 e. The van der Waals surface area contributed by atoms with Gasteiger partial charge in [-0.15, -0.1) is 0 Å². The van der Waals surface area contributed by atoms with Crippen molar-refractivity contribution in [3.63, 3.8) is 0 Å². The number of benzene rings is 1. The monoisotopic (exact) mass is 318 g/mol. The summed E-state index contributed by atoms with van der Waals surface area (Å²) in [5, 5.41) is 3.95. The summed E-state index contributed by atoms with van der Waals surface area (Å²) in [5.74, 6) is 0.259. The van der Waals surface area contributed by atoms with Crippen LogP contribution < -0.4 is 4.74 Å². The van der Waals surface area contributed by atoms with Gasteiger partial charge in [-0.05, 0) is 41.4 Å². The van der Waals surface area contributed by atoms with Gasteiger partial charge in [0.15, 0.2) is 6.79 Å². The first-order valence-corrected chi connectivity index (χ1v) is 7.65. The number of rotatable bonds is 6. The lowest BCUT2D eigenvalue weighted by molar-refractivity contribution is -0.134. The number of carbonyl (C=O) groups excluding carboxylic acids is 1. The minimum absolute atomic E-state index is 0.144. The number of hydrogen-bond acceptors (Lipinski definition) is 5. The highest BCUT2D eigenvalue weighted by atomic mass is 32.1. The Morgan fingerprint density at radius 2 is 2.09 bits per heavy atom. The van der Waals surface area contributed by atoms with Crippen molar-refractivity contribution in [2.75, 3.05) is 21.0 Å². The Kier molecular flexibility index (Phi) is 5.75. The highest BCUT2D eigenvalue weighted by molar-refractivity contribution is 7.08. The molecule has 0 bridgehead atoms. The molecule has 0 amide bonds. The van der Waals surface area contributed by atoms with Crippen molar-refractivity contribution in [3.05, 3.63) is 57.8 Å². The fraction of sp³-hybridized carbons (Fsp3) is 0.235. The third kappa shape index (κ3) is 3.96. The van der Waals surface area contributed by atoms with E-state index in [0.29, 0.717) is 5.75 Å². The van der Waals surface area contributed by atoms with Crippen molar-refractivity contribution in [1.82, 2.24) is 0 Å². The number of hydrogen-bond donors (Lipinski definition) is 0. The average molecular weight is 318 g/mol. The Morgan fingerprint density at radius 3 is 2.73 bits per heavy atom. The van der Waals surface area contributed by atoms with Gasteiger partial charge in [0.25, 0.3) is 0 Å². The molecule has 1 heterocycles. The zero-order chi connectivity index (χ0) is 15.9. The Labute approximate surface area is 133 Å². The van der Waals surface area contributed by atoms with Crippen LogP contribution in [0.4, 0.5) is 0 Å². The fourth-order valence-corrected chi connectivity index (χ4v) is 2.67. The second-order valence-electron chi connectivity index (χ2n) is 4.64. The van der Waals surface area contributed by atoms with Crippen molar-refractivity contribution in [1.29, 1.82) is 0 Å². The lowest BCUT2D eigenvalue weighted by Crippen LogP contribution is -2.04. The maximum atomic E-state index is 11.7. The summed E-state index contributed by atoms with van der Waals surface area (Å²) in [6, 6.07) is 7.78. The van der Waals surface area contributed by atoms with E-state index in [0.717, 1.165) is 22.3 Å². The molecule has 0 radical (unpaired) electrons. The molecule has 0 atom stereocenters. The van der Waals surface area contributed by atoms with Gasteiger partial charge >= 0.3 is 5.97 Å². The van der Waals surface area contributed by atoms with E-state index >= 15 is 0 Å². The van der Waals surface area contributed by atoms with Crippen molar-refractivity contribution in [2.45, 2.75) is 6.92 Å². The molecule has 0 aliphatic carbocycles. The highest BCUT2D eigenvalue weighted by Gasteiger charge is 2.14. The molecule has 0 saturated heterocycles. The third-order valence-electron chi connectivity index (χ3n) is 3.05. The molecule has 2 aromatic rings. The van der Waals surface area contributed by atoms with Crippen molar-refractivity contribution < 1.29 is 19.0 Å². The van der Waals surface area contributed by atoms with Gasteiger partial charge in [-0.3, -0.25) is 0 Å². The van der Waals surface area contributed by atoms with Crippen molar-refractivity contribution >= 4 is 22.9 Å². The molecule has 22 heavy (non-hydrogen) atoms. The smallest absolute Gasteiger partial charge is 0.331 e. The summed E-state index contributed by atoms with van der Waals surface area (Å²) in [4.78, 5) is 11.7. The minimum atomic E-state index is -0.402. The number of ether oxygens (including phenoxy) is 3. The average Bonchev–Trinajstić information content (AvgIpc) is 3.05. The van der Waals surface area contributed by atoms with Crippen LogP contribution in [0.3, 0.4) is 0 Å². The molecule has 5 heteroatoms. The molecular formula is C17H18O4S. The van der Waals surface area contributed by atoms with Crippen LogP contribution in [-0.4, -0.2) is 27.0 Å². The van der Waals surface area contributed by atoms with Gasteiger partial charge in [-0.2, -0.15) is 11.3 Å². The number of thiophene rings is 1. The summed E-state index contributed by atoms with van der Waals surface area (Å²) >= 11 is 1.57. The summed E-state index contributed by atoms with van der Waals surface area (Å²) in [6.45, 7) is 2.14. The molecule has 0 N–H and O–H groups in total. The van der Waals surface area contributed by atoms with Crippen LogP contribution in [0.25, 0.3) is 5.57 Å². The van der Waals surface area contributed by atoms with E-state index in [1.165, 1.54) is 13.2 Å². The Balaban J connectivity index is 2.54. The van der Waals surface area contributed by atoms with Crippen LogP contribution in [0.1, 0.15) is 16.7 Å². The Hall–Kier alpha value is -2.11. The van der Waals surface area contributed by atoms with Crippen LogP contribution in [0, 0.1) is 6.92 Å². The molecule has 4 nitrogen and oxygen atoms in total. The zero-order valence-electron chi connectivity index (χ0n) is 12.8. The van der Waals surface area contributed by atoms with E-state index in [-0.39, 0.29) is 6.79 Å². The fourth-order valence-electron chi connectivity index (χ4n) is 2.01. The van der Waals surface area contributed by atoms with E-state index in [2.05, 4.69) is 0 Å². The van der Waals surface area contributed by atoms with E-state index in [1.807, 2.05) is 41.9 Å². The number of aryl methyl sites for hydroxylation is 1. The molecule has 1 aromatic carbocycles. The molecule has 116 valence electrons. The molecule has 1 aromatic heterocycles. The Morgan fingerprint density at radius 1 is 1.27 bits per heavy atom. The topological polar surface area (TPSA) is 44.8 Å². The van der Waals surface area contributed by atoms with E-state index in [4.69, 9.17) is 14.2 Å². The van der Waals surface area contributed by atoms with E-state index in [1.54, 1.807) is 18.4 Å². The van der Waals surface area contributed by atoms with Crippen LogP contribution >= 0.6 is 11.3 Å². The van der Waals surface area contributed by atoms with Crippen molar-refractivity contribution in [2.24, 2.45) is 0 Å². The molecule has 0 aliphatic rings. The van der Waals surface area contributed by atoms with Gasteiger partial charge in [0.2, 0.25) is 0 Å². The molecular weight excluding hydrogens is 300 g/mol. The number of esters is 1. The minimum Gasteiger partial charge on any atom is -0.467 e. The van der Waals surface area contributed by atoms with Gasteiger partial charge < -0.3 is 14.2 Å². The van der Waals surface area contributed by atoms with Crippen LogP contribution in [0.2, 0.25) is 0 Å². The van der Waals surface area contributed by atoms with Gasteiger partial charge in [-0.25, -0.2) is 4.79 Å². The van der Waals surface area contributed by atoms with Gasteiger partial charge in [0.05, 0.1) is 7.11 Å². The standard InChI is InChI=1S/C17H18O4S/c1-12-4-5-16(21-11-19-2)15(8-12)14(9-17(18)20-3)13-6-7-22-10-13/h4-10H,11H2,1-3H3. The summed E-state index contributed by atoms with van der Waals surface area (Å²) in [6.07, 6.45) is 1.48. The second kappa shape index (κ2) is 7.77. The third-order valence-corrected chi connectivity index (χ3v) is 3.74. The molecule has 0 spiro atoms. The molecule has 0 unspecified atom stereocenters. The summed E-state index contributed by atoms with van der Waals surface area (Å²) in [7, 11) is 2.93. The first-order chi connectivity index (χ1) is 10.7. The SMILES string of the molecule is COCOc1ccc(C)cc1C(=CC(=O)OC)c1ccsc1. The van der Waals surface area contributed by atoms with Gasteiger partial charge in [-0.1, -0.05) is 11.6 Å². The summed E-state index contributed by atoms with van der Waals surface area (Å²) < 4.78 is 15.4. The van der Waals surface area contributed by atoms with Crippen LogP contribution in [0.5, 0.6) is 5.75 Å². The van der Waals surface area contributed by atoms with E-state index < -0.39 is 5.97 Å². The first kappa shape index (κ1) is 16.3. The lowest BCUT2D eigenvalue weighted by Gasteiger charge is -2.14. The molecule has 2 rings (SSSR count). The second-order valence-corrected chi connectivity index (χ2v) is 5.42. The molecule has 0 saturated carbocycles. The Bertz CT molecular complexity index is 659. The van der Waals surface area contributed by atoms with Gasteiger partial charge in [0.1, 0.15) is 5.75 Å². The number of carbonyl (C=O) groups is 1.